The monoisotopic (exact) mass is 346 g/mol. The van der Waals surface area contributed by atoms with E-state index in [1.54, 1.807) is 6.33 Å². The van der Waals surface area contributed by atoms with Crippen molar-refractivity contribution in [1.29, 1.82) is 0 Å². The summed E-state index contributed by atoms with van der Waals surface area (Å²) in [6.07, 6.45) is 3.15. The van der Waals surface area contributed by atoms with Crippen molar-refractivity contribution in [2.24, 2.45) is 7.05 Å². The van der Waals surface area contributed by atoms with Crippen molar-refractivity contribution in [1.82, 2.24) is 24.4 Å². The van der Waals surface area contributed by atoms with Crippen LogP contribution < -0.4 is 4.90 Å². The highest BCUT2D eigenvalue weighted by Crippen LogP contribution is 2.23. The molecule has 2 heterocycles. The van der Waals surface area contributed by atoms with Gasteiger partial charge in [-0.1, -0.05) is 6.07 Å². The molecule has 25 heavy (non-hydrogen) atoms. The maximum absolute atomic E-state index is 14.1. The fourth-order valence-electron chi connectivity index (χ4n) is 2.60. The van der Waals surface area contributed by atoms with Gasteiger partial charge in [0.15, 0.2) is 17.0 Å². The summed E-state index contributed by atoms with van der Waals surface area (Å²) in [5.74, 6) is -0.521. The number of halogens is 2. The molecular formula is C17H20F2N6. The van der Waals surface area contributed by atoms with E-state index in [0.717, 1.165) is 12.6 Å². The van der Waals surface area contributed by atoms with Crippen molar-refractivity contribution in [3.05, 3.63) is 48.1 Å². The van der Waals surface area contributed by atoms with Gasteiger partial charge in [-0.25, -0.2) is 23.7 Å². The number of benzene rings is 1. The van der Waals surface area contributed by atoms with Gasteiger partial charge in [0.05, 0.1) is 6.33 Å². The summed E-state index contributed by atoms with van der Waals surface area (Å²) >= 11 is 0. The second kappa shape index (κ2) is 7.10. The van der Waals surface area contributed by atoms with E-state index in [1.807, 2.05) is 35.5 Å². The van der Waals surface area contributed by atoms with Crippen LogP contribution in [0.4, 0.5) is 14.6 Å². The zero-order chi connectivity index (χ0) is 18.0. The lowest BCUT2D eigenvalue weighted by Gasteiger charge is -2.25. The van der Waals surface area contributed by atoms with Gasteiger partial charge in [0.25, 0.3) is 0 Å². The van der Waals surface area contributed by atoms with Crippen LogP contribution in [0.25, 0.3) is 11.2 Å². The molecule has 0 unspecified atom stereocenters. The molecule has 6 nitrogen and oxygen atoms in total. The highest BCUT2D eigenvalue weighted by Gasteiger charge is 2.17. The fraction of sp³-hybridized carbons (Fsp3) is 0.353. The van der Waals surface area contributed by atoms with Gasteiger partial charge < -0.3 is 14.4 Å². The zero-order valence-corrected chi connectivity index (χ0v) is 14.4. The maximum atomic E-state index is 14.1. The Morgan fingerprint density at radius 1 is 1.08 bits per heavy atom. The summed E-state index contributed by atoms with van der Waals surface area (Å²) in [6.45, 7) is 1.64. The molecule has 0 aliphatic carbocycles. The molecule has 3 rings (SSSR count). The molecular weight excluding hydrogens is 326 g/mol. The Morgan fingerprint density at radius 2 is 1.88 bits per heavy atom. The summed E-state index contributed by atoms with van der Waals surface area (Å²) < 4.78 is 29.1. The second-order valence-corrected chi connectivity index (χ2v) is 6.19. The van der Waals surface area contributed by atoms with Crippen molar-refractivity contribution in [3.63, 3.8) is 0 Å². The van der Waals surface area contributed by atoms with Crippen LogP contribution in [0.5, 0.6) is 0 Å². The van der Waals surface area contributed by atoms with Gasteiger partial charge in [-0.2, -0.15) is 0 Å². The van der Waals surface area contributed by atoms with Crippen LogP contribution in [-0.4, -0.2) is 51.6 Å². The van der Waals surface area contributed by atoms with Crippen LogP contribution in [0.3, 0.4) is 0 Å². The molecule has 2 aromatic heterocycles. The van der Waals surface area contributed by atoms with Gasteiger partial charge >= 0.3 is 0 Å². The molecule has 0 saturated carbocycles. The van der Waals surface area contributed by atoms with E-state index in [1.165, 1.54) is 18.5 Å². The van der Waals surface area contributed by atoms with Crippen LogP contribution in [0.1, 0.15) is 5.56 Å². The molecule has 0 aliphatic heterocycles. The highest BCUT2D eigenvalue weighted by atomic mass is 19.1. The second-order valence-electron chi connectivity index (χ2n) is 6.19. The Hall–Kier alpha value is -2.61. The van der Waals surface area contributed by atoms with Crippen molar-refractivity contribution in [3.8, 4) is 0 Å². The normalized spacial score (nSPS) is 11.4. The number of aryl methyl sites for hydroxylation is 1. The van der Waals surface area contributed by atoms with Crippen molar-refractivity contribution < 1.29 is 8.78 Å². The Kier molecular flexibility index (Phi) is 4.89. The molecule has 0 fully saturated rings. The van der Waals surface area contributed by atoms with Gasteiger partial charge in [-0.15, -0.1) is 0 Å². The van der Waals surface area contributed by atoms with Gasteiger partial charge in [0, 0.05) is 38.3 Å². The van der Waals surface area contributed by atoms with E-state index < -0.39 is 11.6 Å². The highest BCUT2D eigenvalue weighted by molar-refractivity contribution is 5.83. The van der Waals surface area contributed by atoms with Crippen LogP contribution in [0.15, 0.2) is 30.9 Å². The first-order valence-corrected chi connectivity index (χ1v) is 7.91. The van der Waals surface area contributed by atoms with E-state index in [-0.39, 0.29) is 6.54 Å². The summed E-state index contributed by atoms with van der Waals surface area (Å²) in [5, 5.41) is 0. The number of imidazole rings is 1. The number of nitrogens with zero attached hydrogens (tertiary/aromatic N) is 6. The number of likely N-dealkylation sites (N-methyl/N-ethyl adjacent to an activating group) is 1. The van der Waals surface area contributed by atoms with Crippen molar-refractivity contribution in [2.75, 3.05) is 32.1 Å². The minimum absolute atomic E-state index is 0.267. The zero-order valence-electron chi connectivity index (χ0n) is 14.4. The molecule has 0 saturated heterocycles. The van der Waals surface area contributed by atoms with Gasteiger partial charge in [-0.05, 0) is 20.2 Å². The number of hydrogen-bond donors (Lipinski definition) is 0. The molecule has 1 aromatic carbocycles. The first kappa shape index (κ1) is 17.2. The minimum Gasteiger partial charge on any atom is -0.349 e. The SMILES string of the molecule is CN(C)CCN(Cc1ccc(F)cc1F)c1ncnc2c1ncn2C. The topological polar surface area (TPSA) is 50.1 Å². The molecule has 3 aromatic rings. The number of fused-ring (bicyclic) bond motifs is 1. The van der Waals surface area contributed by atoms with E-state index in [4.69, 9.17) is 0 Å². The predicted molar refractivity (Wildman–Crippen MR) is 92.3 cm³/mol. The average Bonchev–Trinajstić information content (AvgIpc) is 2.95. The molecule has 0 spiro atoms. The van der Waals surface area contributed by atoms with Crippen LogP contribution in [0.2, 0.25) is 0 Å². The van der Waals surface area contributed by atoms with E-state index in [9.17, 15) is 8.78 Å². The maximum Gasteiger partial charge on any atom is 0.165 e. The first-order chi connectivity index (χ1) is 12.0. The van der Waals surface area contributed by atoms with Gasteiger partial charge in [0.1, 0.15) is 18.0 Å². The van der Waals surface area contributed by atoms with Crippen molar-refractivity contribution >= 4 is 17.0 Å². The average molecular weight is 346 g/mol. The quantitative estimate of drug-likeness (QED) is 0.685. The molecule has 0 radical (unpaired) electrons. The molecule has 8 heteroatoms. The predicted octanol–water partition coefficient (Wildman–Crippen LogP) is 2.21. The largest absolute Gasteiger partial charge is 0.349 e. The third-order valence-electron chi connectivity index (χ3n) is 3.97. The lowest BCUT2D eigenvalue weighted by atomic mass is 10.2. The first-order valence-electron chi connectivity index (χ1n) is 7.91. The Morgan fingerprint density at radius 3 is 2.60 bits per heavy atom. The van der Waals surface area contributed by atoms with Crippen LogP contribution in [0, 0.1) is 11.6 Å². The lowest BCUT2D eigenvalue weighted by Crippen LogP contribution is -2.32. The minimum atomic E-state index is -0.588. The Labute approximate surface area is 144 Å². The van der Waals surface area contributed by atoms with Crippen LogP contribution >= 0.6 is 0 Å². The summed E-state index contributed by atoms with van der Waals surface area (Å²) in [6, 6.07) is 3.62. The summed E-state index contributed by atoms with van der Waals surface area (Å²) in [4.78, 5) is 17.0. The smallest absolute Gasteiger partial charge is 0.165 e. The van der Waals surface area contributed by atoms with E-state index in [2.05, 4.69) is 15.0 Å². The summed E-state index contributed by atoms with van der Waals surface area (Å²) in [5.41, 5.74) is 1.77. The molecule has 0 aliphatic rings. The fourth-order valence-corrected chi connectivity index (χ4v) is 2.60. The molecule has 0 N–H and O–H groups in total. The van der Waals surface area contributed by atoms with Crippen LogP contribution in [-0.2, 0) is 13.6 Å². The molecule has 0 bridgehead atoms. The third kappa shape index (κ3) is 3.74. The Balaban J connectivity index is 1.98. The van der Waals surface area contributed by atoms with E-state index >= 15 is 0 Å². The summed E-state index contributed by atoms with van der Waals surface area (Å²) in [7, 11) is 5.79. The number of aromatic nitrogens is 4. The molecule has 0 atom stereocenters. The number of rotatable bonds is 6. The van der Waals surface area contributed by atoms with Gasteiger partial charge in [-0.3, -0.25) is 0 Å². The molecule has 0 amide bonds. The lowest BCUT2D eigenvalue weighted by molar-refractivity contribution is 0.411. The number of hydrogen-bond acceptors (Lipinski definition) is 5. The van der Waals surface area contributed by atoms with Crippen molar-refractivity contribution in [2.45, 2.75) is 6.54 Å². The third-order valence-corrected chi connectivity index (χ3v) is 3.97. The standard InChI is InChI=1S/C17H20F2N6/c1-23(2)6-7-25(9-12-4-5-13(18)8-14(12)19)17-15-16(20-10-21-17)24(3)11-22-15/h4-5,8,10-11H,6-7,9H2,1-3H3. The Bertz CT molecular complexity index is 877. The molecule has 132 valence electrons. The van der Waals surface area contributed by atoms with E-state index in [0.29, 0.717) is 29.1 Å². The number of anilines is 1. The van der Waals surface area contributed by atoms with Gasteiger partial charge in [0.2, 0.25) is 0 Å².